The summed E-state index contributed by atoms with van der Waals surface area (Å²) in [5.74, 6) is -0.671. The molecule has 1 aliphatic carbocycles. The van der Waals surface area contributed by atoms with Gasteiger partial charge in [-0.3, -0.25) is 4.79 Å². The summed E-state index contributed by atoms with van der Waals surface area (Å²) in [5, 5.41) is 3.53. The predicted octanol–water partition coefficient (Wildman–Crippen LogP) is 4.96. The van der Waals surface area contributed by atoms with Crippen molar-refractivity contribution < 1.29 is 9.18 Å². The van der Waals surface area contributed by atoms with E-state index in [-0.39, 0.29) is 5.82 Å². The van der Waals surface area contributed by atoms with Crippen LogP contribution in [0.4, 0.5) is 4.39 Å². The van der Waals surface area contributed by atoms with Crippen LogP contribution in [0.1, 0.15) is 61.0 Å². The number of carbonyl (C=O) groups is 1. The molecule has 1 amide bonds. The van der Waals surface area contributed by atoms with Gasteiger partial charge in [0.2, 0.25) is 5.91 Å². The van der Waals surface area contributed by atoms with Crippen LogP contribution in [-0.4, -0.2) is 11.9 Å². The standard InChI is InChI=1S/C23H29FN2O/c1-15-13-16(22(25)27)7-8-19(15)20-6-4-5-17(21(20)24)14-26-18-9-11-23(2,3)12-10-18/h4-8,13,18,26H,9-12,14H2,1-3H3,(H2,25,27). The Hall–Kier alpha value is -2.20. The fourth-order valence-electron chi connectivity index (χ4n) is 3.90. The van der Waals surface area contributed by atoms with Crippen LogP contribution in [0.15, 0.2) is 36.4 Å². The molecule has 0 spiro atoms. The summed E-state index contributed by atoms with van der Waals surface area (Å²) in [6, 6.07) is 11.1. The molecular formula is C23H29FN2O. The lowest BCUT2D eigenvalue weighted by atomic mass is 9.75. The van der Waals surface area contributed by atoms with E-state index in [2.05, 4.69) is 19.2 Å². The maximum atomic E-state index is 15.1. The first-order valence-electron chi connectivity index (χ1n) is 9.68. The highest BCUT2D eigenvalue weighted by Crippen LogP contribution is 2.35. The topological polar surface area (TPSA) is 55.1 Å². The zero-order valence-corrected chi connectivity index (χ0v) is 16.4. The monoisotopic (exact) mass is 368 g/mol. The second-order valence-electron chi connectivity index (χ2n) is 8.49. The average Bonchev–Trinajstić information content (AvgIpc) is 2.62. The zero-order valence-electron chi connectivity index (χ0n) is 16.4. The lowest BCUT2D eigenvalue weighted by Crippen LogP contribution is -2.35. The molecule has 144 valence electrons. The van der Waals surface area contributed by atoms with Gasteiger partial charge in [-0.25, -0.2) is 4.39 Å². The number of hydrogen-bond donors (Lipinski definition) is 2. The fourth-order valence-corrected chi connectivity index (χ4v) is 3.90. The zero-order chi connectivity index (χ0) is 19.6. The van der Waals surface area contributed by atoms with Crippen LogP contribution in [0.25, 0.3) is 11.1 Å². The van der Waals surface area contributed by atoms with Gasteiger partial charge in [0.05, 0.1) is 0 Å². The quantitative estimate of drug-likeness (QED) is 0.784. The van der Waals surface area contributed by atoms with Crippen molar-refractivity contribution in [2.24, 2.45) is 11.1 Å². The molecule has 1 fully saturated rings. The summed E-state index contributed by atoms with van der Waals surface area (Å²) in [5.41, 5.74) is 9.07. The minimum Gasteiger partial charge on any atom is -0.366 e. The van der Waals surface area contributed by atoms with Crippen LogP contribution in [0, 0.1) is 18.2 Å². The number of benzene rings is 2. The first kappa shape index (κ1) is 19.6. The van der Waals surface area contributed by atoms with Crippen molar-refractivity contribution in [3.63, 3.8) is 0 Å². The number of nitrogens with one attached hydrogen (secondary N) is 1. The van der Waals surface area contributed by atoms with Crippen LogP contribution in [-0.2, 0) is 6.54 Å². The molecular weight excluding hydrogens is 339 g/mol. The Balaban J connectivity index is 1.76. The molecule has 3 N–H and O–H groups in total. The summed E-state index contributed by atoms with van der Waals surface area (Å²) in [6.07, 6.45) is 4.70. The van der Waals surface area contributed by atoms with Crippen molar-refractivity contribution in [1.29, 1.82) is 0 Å². The second kappa shape index (κ2) is 7.81. The van der Waals surface area contributed by atoms with E-state index in [1.165, 1.54) is 12.8 Å². The SMILES string of the molecule is Cc1cc(C(N)=O)ccc1-c1cccc(CNC2CCC(C)(C)CC2)c1F. The molecule has 0 aliphatic heterocycles. The third-order valence-electron chi connectivity index (χ3n) is 5.80. The largest absolute Gasteiger partial charge is 0.366 e. The first-order chi connectivity index (χ1) is 12.8. The third kappa shape index (κ3) is 4.56. The molecule has 27 heavy (non-hydrogen) atoms. The van der Waals surface area contributed by atoms with Gasteiger partial charge in [0, 0.05) is 29.3 Å². The Kier molecular flexibility index (Phi) is 5.66. The number of hydrogen-bond acceptors (Lipinski definition) is 2. The molecule has 0 atom stereocenters. The highest BCUT2D eigenvalue weighted by molar-refractivity contribution is 5.93. The second-order valence-corrected chi connectivity index (χ2v) is 8.49. The van der Waals surface area contributed by atoms with E-state index in [1.807, 2.05) is 19.1 Å². The lowest BCUT2D eigenvalue weighted by Gasteiger charge is -2.34. The summed E-state index contributed by atoms with van der Waals surface area (Å²) in [4.78, 5) is 11.3. The molecule has 0 saturated heterocycles. The molecule has 2 aromatic carbocycles. The Morgan fingerprint density at radius 3 is 2.52 bits per heavy atom. The van der Waals surface area contributed by atoms with Crippen molar-refractivity contribution in [1.82, 2.24) is 5.32 Å². The number of halogens is 1. The normalized spacial score (nSPS) is 17.0. The van der Waals surface area contributed by atoms with Crippen molar-refractivity contribution in [2.45, 2.75) is 59.0 Å². The molecule has 0 unspecified atom stereocenters. The highest BCUT2D eigenvalue weighted by atomic mass is 19.1. The first-order valence-corrected chi connectivity index (χ1v) is 9.68. The van der Waals surface area contributed by atoms with Crippen molar-refractivity contribution >= 4 is 5.91 Å². The van der Waals surface area contributed by atoms with E-state index in [9.17, 15) is 4.79 Å². The van der Waals surface area contributed by atoms with E-state index < -0.39 is 5.91 Å². The summed E-state index contributed by atoms with van der Waals surface area (Å²) < 4.78 is 15.1. The predicted molar refractivity (Wildman–Crippen MR) is 108 cm³/mol. The van der Waals surface area contributed by atoms with Gasteiger partial charge in [0.15, 0.2) is 0 Å². The summed E-state index contributed by atoms with van der Waals surface area (Å²) >= 11 is 0. The number of carbonyl (C=O) groups excluding carboxylic acids is 1. The highest BCUT2D eigenvalue weighted by Gasteiger charge is 2.26. The van der Waals surface area contributed by atoms with Gasteiger partial charge < -0.3 is 11.1 Å². The lowest BCUT2D eigenvalue weighted by molar-refractivity contribution is 0.1000. The summed E-state index contributed by atoms with van der Waals surface area (Å²) in [7, 11) is 0. The molecule has 0 bridgehead atoms. The summed E-state index contributed by atoms with van der Waals surface area (Å²) in [6.45, 7) is 7.04. The molecule has 3 nitrogen and oxygen atoms in total. The third-order valence-corrected chi connectivity index (χ3v) is 5.80. The van der Waals surface area contributed by atoms with Gasteiger partial charge >= 0.3 is 0 Å². The smallest absolute Gasteiger partial charge is 0.248 e. The van der Waals surface area contributed by atoms with Crippen LogP contribution in [0.2, 0.25) is 0 Å². The molecule has 1 saturated carbocycles. The fraction of sp³-hybridized carbons (Fsp3) is 0.435. The van der Waals surface area contributed by atoms with E-state index in [1.54, 1.807) is 24.3 Å². The molecule has 1 aliphatic rings. The molecule has 0 radical (unpaired) electrons. The maximum absolute atomic E-state index is 15.1. The molecule has 4 heteroatoms. The van der Waals surface area contributed by atoms with Gasteiger partial charge in [-0.1, -0.05) is 38.1 Å². The van der Waals surface area contributed by atoms with Crippen LogP contribution in [0.3, 0.4) is 0 Å². The van der Waals surface area contributed by atoms with Crippen molar-refractivity contribution in [3.05, 3.63) is 58.9 Å². The number of nitrogens with two attached hydrogens (primary N) is 1. The van der Waals surface area contributed by atoms with Gasteiger partial charge in [0.25, 0.3) is 0 Å². The molecule has 2 aromatic rings. The van der Waals surface area contributed by atoms with Crippen LogP contribution in [0.5, 0.6) is 0 Å². The number of aryl methyl sites for hydroxylation is 1. The molecule has 3 rings (SSSR count). The van der Waals surface area contributed by atoms with E-state index in [0.717, 1.165) is 24.0 Å². The van der Waals surface area contributed by atoms with E-state index in [0.29, 0.717) is 34.7 Å². The Bertz CT molecular complexity index is 834. The Morgan fingerprint density at radius 1 is 1.19 bits per heavy atom. The molecule has 0 aromatic heterocycles. The Morgan fingerprint density at radius 2 is 1.89 bits per heavy atom. The van der Waals surface area contributed by atoms with E-state index in [4.69, 9.17) is 5.73 Å². The van der Waals surface area contributed by atoms with Gasteiger partial charge in [-0.05, 0) is 61.3 Å². The molecule has 0 heterocycles. The van der Waals surface area contributed by atoms with Crippen LogP contribution < -0.4 is 11.1 Å². The minimum atomic E-state index is -0.473. The minimum absolute atomic E-state index is 0.198. The average molecular weight is 368 g/mol. The van der Waals surface area contributed by atoms with Gasteiger partial charge in [-0.2, -0.15) is 0 Å². The number of amides is 1. The Labute approximate surface area is 161 Å². The van der Waals surface area contributed by atoms with Crippen LogP contribution >= 0.6 is 0 Å². The van der Waals surface area contributed by atoms with Crippen molar-refractivity contribution in [3.8, 4) is 11.1 Å². The number of primary amides is 1. The van der Waals surface area contributed by atoms with Gasteiger partial charge in [0.1, 0.15) is 5.82 Å². The van der Waals surface area contributed by atoms with Crippen molar-refractivity contribution in [2.75, 3.05) is 0 Å². The van der Waals surface area contributed by atoms with E-state index >= 15 is 4.39 Å². The number of rotatable bonds is 5. The maximum Gasteiger partial charge on any atom is 0.248 e. The van der Waals surface area contributed by atoms with Gasteiger partial charge in [-0.15, -0.1) is 0 Å².